The van der Waals surface area contributed by atoms with Crippen molar-refractivity contribution in [1.82, 2.24) is 5.43 Å². The molecule has 0 aromatic heterocycles. The SMILES string of the molecule is C/C(=N/NC(=O)[C@@H]1CCS(=O)(=O)C1)c1ccccc1Cl. The Morgan fingerprint density at radius 1 is 1.40 bits per heavy atom. The number of nitrogens with zero attached hydrogens (tertiary/aromatic N) is 1. The Balaban J connectivity index is 2.03. The van der Waals surface area contributed by atoms with Crippen LogP contribution in [0.3, 0.4) is 0 Å². The van der Waals surface area contributed by atoms with Gasteiger partial charge in [0.15, 0.2) is 9.84 Å². The van der Waals surface area contributed by atoms with Gasteiger partial charge in [0, 0.05) is 10.6 Å². The minimum Gasteiger partial charge on any atom is -0.273 e. The molecule has 1 N–H and O–H groups in total. The molecule has 1 fully saturated rings. The zero-order chi connectivity index (χ0) is 14.8. The van der Waals surface area contributed by atoms with Gasteiger partial charge in [0.1, 0.15) is 0 Å². The molecule has 0 saturated carbocycles. The molecule has 108 valence electrons. The van der Waals surface area contributed by atoms with Gasteiger partial charge in [-0.05, 0) is 19.4 Å². The lowest BCUT2D eigenvalue weighted by atomic mass is 10.1. The van der Waals surface area contributed by atoms with Crippen LogP contribution in [-0.4, -0.2) is 31.5 Å². The minimum atomic E-state index is -3.07. The van der Waals surface area contributed by atoms with E-state index < -0.39 is 15.8 Å². The fraction of sp³-hybridized carbons (Fsp3) is 0.385. The average Bonchev–Trinajstić information content (AvgIpc) is 2.76. The highest BCUT2D eigenvalue weighted by Crippen LogP contribution is 2.19. The second kappa shape index (κ2) is 5.93. The van der Waals surface area contributed by atoms with Gasteiger partial charge in [0.05, 0.1) is 23.1 Å². The van der Waals surface area contributed by atoms with E-state index in [1.807, 2.05) is 6.07 Å². The number of hydrogen-bond acceptors (Lipinski definition) is 4. The Labute approximate surface area is 122 Å². The van der Waals surface area contributed by atoms with E-state index >= 15 is 0 Å². The fourth-order valence-corrected chi connectivity index (χ4v) is 4.06. The number of amides is 1. The molecule has 20 heavy (non-hydrogen) atoms. The molecule has 1 saturated heterocycles. The molecule has 0 radical (unpaired) electrons. The molecule has 1 aliphatic rings. The van der Waals surface area contributed by atoms with Crippen molar-refractivity contribution in [1.29, 1.82) is 0 Å². The van der Waals surface area contributed by atoms with Crippen molar-refractivity contribution in [3.8, 4) is 0 Å². The van der Waals surface area contributed by atoms with E-state index in [9.17, 15) is 13.2 Å². The van der Waals surface area contributed by atoms with E-state index in [4.69, 9.17) is 11.6 Å². The number of sulfone groups is 1. The molecular formula is C13H15ClN2O3S. The third-order valence-electron chi connectivity index (χ3n) is 3.20. The third-order valence-corrected chi connectivity index (χ3v) is 5.30. The smallest absolute Gasteiger partial charge is 0.244 e. The highest BCUT2D eigenvalue weighted by atomic mass is 35.5. The number of rotatable bonds is 3. The predicted molar refractivity (Wildman–Crippen MR) is 78.6 cm³/mol. The maximum atomic E-state index is 11.8. The second-order valence-electron chi connectivity index (χ2n) is 4.75. The first-order valence-corrected chi connectivity index (χ1v) is 8.38. The Hall–Kier alpha value is -1.40. The van der Waals surface area contributed by atoms with Gasteiger partial charge >= 0.3 is 0 Å². The summed E-state index contributed by atoms with van der Waals surface area (Å²) in [6.45, 7) is 1.73. The van der Waals surface area contributed by atoms with Crippen LogP contribution in [0.4, 0.5) is 0 Å². The van der Waals surface area contributed by atoms with Crippen molar-refractivity contribution < 1.29 is 13.2 Å². The quantitative estimate of drug-likeness (QED) is 0.680. The molecule has 0 unspecified atom stereocenters. The van der Waals surface area contributed by atoms with Crippen LogP contribution in [0.5, 0.6) is 0 Å². The summed E-state index contributed by atoms with van der Waals surface area (Å²) in [4.78, 5) is 11.8. The van der Waals surface area contributed by atoms with Gasteiger partial charge in [-0.3, -0.25) is 4.79 Å². The van der Waals surface area contributed by atoms with Gasteiger partial charge in [-0.25, -0.2) is 13.8 Å². The molecule has 5 nitrogen and oxygen atoms in total. The summed E-state index contributed by atoms with van der Waals surface area (Å²) in [5, 5.41) is 4.53. The molecule has 0 aliphatic carbocycles. The van der Waals surface area contributed by atoms with Crippen LogP contribution in [0.2, 0.25) is 5.02 Å². The maximum Gasteiger partial charge on any atom is 0.244 e. The highest BCUT2D eigenvalue weighted by Gasteiger charge is 2.32. The number of nitrogens with one attached hydrogen (secondary N) is 1. The van der Waals surface area contributed by atoms with E-state index in [1.54, 1.807) is 25.1 Å². The monoisotopic (exact) mass is 314 g/mol. The third kappa shape index (κ3) is 3.58. The van der Waals surface area contributed by atoms with Gasteiger partial charge in [-0.15, -0.1) is 0 Å². The molecule has 1 aliphatic heterocycles. The van der Waals surface area contributed by atoms with Crippen LogP contribution >= 0.6 is 11.6 Å². The van der Waals surface area contributed by atoms with E-state index in [-0.39, 0.29) is 17.4 Å². The lowest BCUT2D eigenvalue weighted by molar-refractivity contribution is -0.124. The first kappa shape index (κ1) is 15.0. The zero-order valence-electron chi connectivity index (χ0n) is 11.0. The number of hydrazone groups is 1. The largest absolute Gasteiger partial charge is 0.273 e. The fourth-order valence-electron chi connectivity index (χ4n) is 2.05. The van der Waals surface area contributed by atoms with Gasteiger partial charge in [-0.1, -0.05) is 29.8 Å². The number of halogens is 1. The van der Waals surface area contributed by atoms with Crippen molar-refractivity contribution in [2.45, 2.75) is 13.3 Å². The van der Waals surface area contributed by atoms with E-state index in [0.29, 0.717) is 17.2 Å². The summed E-state index contributed by atoms with van der Waals surface area (Å²) >= 11 is 6.03. The molecular weight excluding hydrogens is 300 g/mol. The van der Waals surface area contributed by atoms with Crippen LogP contribution in [-0.2, 0) is 14.6 Å². The lowest BCUT2D eigenvalue weighted by Gasteiger charge is -2.07. The summed E-state index contributed by atoms with van der Waals surface area (Å²) in [7, 11) is -3.07. The Morgan fingerprint density at radius 2 is 2.10 bits per heavy atom. The number of carbonyl (C=O) groups is 1. The topological polar surface area (TPSA) is 75.6 Å². The summed E-state index contributed by atoms with van der Waals surface area (Å²) in [5.74, 6) is -0.905. The van der Waals surface area contributed by atoms with E-state index in [1.165, 1.54) is 0 Å². The molecule has 1 aromatic carbocycles. The number of hydrogen-bond donors (Lipinski definition) is 1. The van der Waals surface area contributed by atoms with Crippen molar-refractivity contribution >= 4 is 33.1 Å². The number of benzene rings is 1. The first-order valence-electron chi connectivity index (χ1n) is 6.18. The summed E-state index contributed by atoms with van der Waals surface area (Å²) < 4.78 is 22.6. The molecule has 1 heterocycles. The maximum absolute atomic E-state index is 11.8. The van der Waals surface area contributed by atoms with Crippen LogP contribution in [0, 0.1) is 5.92 Å². The van der Waals surface area contributed by atoms with Crippen LogP contribution in [0.1, 0.15) is 18.9 Å². The van der Waals surface area contributed by atoms with Crippen LogP contribution in [0.15, 0.2) is 29.4 Å². The molecule has 2 rings (SSSR count). The Kier molecular flexibility index (Phi) is 4.45. The molecule has 1 atom stereocenters. The summed E-state index contributed by atoms with van der Waals surface area (Å²) in [5.41, 5.74) is 3.72. The van der Waals surface area contributed by atoms with E-state index in [0.717, 1.165) is 5.56 Å². The highest BCUT2D eigenvalue weighted by molar-refractivity contribution is 7.91. The Bertz CT molecular complexity index is 655. The predicted octanol–water partition coefficient (Wildman–Crippen LogP) is 1.61. The van der Waals surface area contributed by atoms with Crippen molar-refractivity contribution in [2.24, 2.45) is 11.0 Å². The number of carbonyl (C=O) groups excluding carboxylic acids is 1. The van der Waals surface area contributed by atoms with Gasteiger partial charge in [0.25, 0.3) is 0 Å². The van der Waals surface area contributed by atoms with Crippen molar-refractivity contribution in [3.63, 3.8) is 0 Å². The summed E-state index contributed by atoms with van der Waals surface area (Å²) in [6, 6.07) is 7.17. The van der Waals surface area contributed by atoms with Crippen molar-refractivity contribution in [2.75, 3.05) is 11.5 Å². The standard InChI is InChI=1S/C13H15ClN2O3S/c1-9(11-4-2-3-5-12(11)14)15-16-13(17)10-6-7-20(18,19)8-10/h2-5,10H,6-8H2,1H3,(H,16,17)/b15-9-/t10-/m1/s1. The summed E-state index contributed by atoms with van der Waals surface area (Å²) in [6.07, 6.45) is 0.356. The molecule has 0 bridgehead atoms. The molecule has 0 spiro atoms. The van der Waals surface area contributed by atoms with Crippen molar-refractivity contribution in [3.05, 3.63) is 34.9 Å². The molecule has 1 aromatic rings. The normalized spacial score (nSPS) is 21.7. The lowest BCUT2D eigenvalue weighted by Crippen LogP contribution is -2.28. The Morgan fingerprint density at radius 3 is 2.70 bits per heavy atom. The first-order chi connectivity index (χ1) is 9.39. The van der Waals surface area contributed by atoms with Gasteiger partial charge < -0.3 is 0 Å². The van der Waals surface area contributed by atoms with Crippen LogP contribution in [0.25, 0.3) is 0 Å². The average molecular weight is 315 g/mol. The minimum absolute atomic E-state index is 0.0678. The zero-order valence-corrected chi connectivity index (χ0v) is 12.5. The molecule has 1 amide bonds. The van der Waals surface area contributed by atoms with Gasteiger partial charge in [0.2, 0.25) is 5.91 Å². The second-order valence-corrected chi connectivity index (χ2v) is 7.39. The van der Waals surface area contributed by atoms with E-state index in [2.05, 4.69) is 10.5 Å². The van der Waals surface area contributed by atoms with Gasteiger partial charge in [-0.2, -0.15) is 5.10 Å². The van der Waals surface area contributed by atoms with Crippen LogP contribution < -0.4 is 5.43 Å². The molecule has 7 heteroatoms.